The molecular formula is C31H31F3N2O. The highest BCUT2D eigenvalue weighted by atomic mass is 19.4. The van der Waals surface area contributed by atoms with E-state index in [1.54, 1.807) is 0 Å². The van der Waals surface area contributed by atoms with Gasteiger partial charge in [-0.1, -0.05) is 48.5 Å². The Morgan fingerprint density at radius 1 is 0.865 bits per heavy atom. The van der Waals surface area contributed by atoms with Crippen LogP contribution in [0.4, 0.5) is 18.9 Å². The predicted octanol–water partition coefficient (Wildman–Crippen LogP) is 7.27. The Morgan fingerprint density at radius 3 is 2.38 bits per heavy atom. The van der Waals surface area contributed by atoms with E-state index in [9.17, 15) is 18.0 Å². The molecule has 0 saturated carbocycles. The molecule has 3 nitrogen and oxygen atoms in total. The fourth-order valence-corrected chi connectivity index (χ4v) is 5.35. The zero-order valence-electron chi connectivity index (χ0n) is 20.8. The van der Waals surface area contributed by atoms with Gasteiger partial charge in [-0.15, -0.1) is 0 Å². The highest BCUT2D eigenvalue weighted by Crippen LogP contribution is 2.35. The van der Waals surface area contributed by atoms with E-state index >= 15 is 0 Å². The predicted molar refractivity (Wildman–Crippen MR) is 141 cm³/mol. The summed E-state index contributed by atoms with van der Waals surface area (Å²) in [4.78, 5) is 15.7. The molecule has 1 heterocycles. The monoisotopic (exact) mass is 504 g/mol. The zero-order chi connectivity index (χ0) is 25.8. The van der Waals surface area contributed by atoms with Gasteiger partial charge in [0, 0.05) is 30.9 Å². The molecule has 1 aliphatic heterocycles. The molecule has 37 heavy (non-hydrogen) atoms. The first-order chi connectivity index (χ1) is 17.9. The topological polar surface area (TPSA) is 32.3 Å². The maximum atomic E-state index is 13.3. The van der Waals surface area contributed by atoms with Crippen molar-refractivity contribution < 1.29 is 18.0 Å². The Morgan fingerprint density at radius 2 is 1.62 bits per heavy atom. The summed E-state index contributed by atoms with van der Waals surface area (Å²) < 4.78 is 38.9. The second-order valence-corrected chi connectivity index (χ2v) is 9.94. The lowest BCUT2D eigenvalue weighted by Gasteiger charge is -2.29. The van der Waals surface area contributed by atoms with Crippen LogP contribution in [0.15, 0.2) is 78.4 Å². The summed E-state index contributed by atoms with van der Waals surface area (Å²) >= 11 is 0. The maximum absolute atomic E-state index is 13.3. The molecule has 3 aromatic carbocycles. The van der Waals surface area contributed by atoms with Crippen molar-refractivity contribution in [3.05, 3.63) is 106 Å². The van der Waals surface area contributed by atoms with Gasteiger partial charge in [0.05, 0.1) is 5.56 Å². The molecule has 192 valence electrons. The normalized spacial score (nSPS) is 16.4. The summed E-state index contributed by atoms with van der Waals surface area (Å²) in [5, 5.41) is 3.06. The van der Waals surface area contributed by atoms with Crippen molar-refractivity contribution in [2.45, 2.75) is 51.2 Å². The number of nitrogens with one attached hydrogen (secondary N) is 1. The molecule has 0 spiro atoms. The van der Waals surface area contributed by atoms with Crippen LogP contribution in [0.5, 0.6) is 0 Å². The molecule has 0 radical (unpaired) electrons. The number of nitrogens with zero attached hydrogens (tertiary/aromatic N) is 1. The minimum Gasteiger partial charge on any atom is -0.322 e. The van der Waals surface area contributed by atoms with Gasteiger partial charge in [0.15, 0.2) is 0 Å². The van der Waals surface area contributed by atoms with Crippen LogP contribution in [-0.2, 0) is 30.4 Å². The number of hydrogen-bond acceptors (Lipinski definition) is 2. The molecule has 5 rings (SSSR count). The van der Waals surface area contributed by atoms with Gasteiger partial charge in [-0.3, -0.25) is 9.69 Å². The van der Waals surface area contributed by atoms with E-state index < -0.39 is 11.7 Å². The minimum atomic E-state index is -4.37. The Hall–Kier alpha value is -3.38. The van der Waals surface area contributed by atoms with E-state index in [1.807, 2.05) is 12.1 Å². The molecule has 1 amide bonds. The van der Waals surface area contributed by atoms with E-state index in [2.05, 4.69) is 46.6 Å². The summed E-state index contributed by atoms with van der Waals surface area (Å²) in [6, 6.07) is 21.8. The number of carbonyl (C=O) groups excluding carboxylic acids is 1. The van der Waals surface area contributed by atoms with Gasteiger partial charge in [-0.2, -0.15) is 13.2 Å². The van der Waals surface area contributed by atoms with Gasteiger partial charge in [-0.05, 0) is 90.6 Å². The number of benzene rings is 3. The van der Waals surface area contributed by atoms with Crippen molar-refractivity contribution >= 4 is 17.2 Å². The zero-order valence-corrected chi connectivity index (χ0v) is 20.8. The Balaban J connectivity index is 1.26. The number of halogens is 3. The number of fused-ring (bicyclic) bond motifs is 1. The van der Waals surface area contributed by atoms with Crippen molar-refractivity contribution in [1.82, 2.24) is 4.90 Å². The molecule has 1 N–H and O–H groups in total. The van der Waals surface area contributed by atoms with Crippen molar-refractivity contribution in [3.8, 4) is 0 Å². The molecule has 2 aliphatic rings. The molecule has 6 heteroatoms. The third kappa shape index (κ3) is 6.13. The highest BCUT2D eigenvalue weighted by molar-refractivity contribution is 6.09. The first-order valence-electron chi connectivity index (χ1n) is 13.0. The number of alkyl halides is 3. The average Bonchev–Trinajstić information content (AvgIpc) is 2.92. The average molecular weight is 505 g/mol. The van der Waals surface area contributed by atoms with Crippen molar-refractivity contribution in [2.75, 3.05) is 18.4 Å². The first-order valence-corrected chi connectivity index (χ1v) is 13.0. The number of allylic oxidation sites excluding steroid dienone is 1. The van der Waals surface area contributed by atoms with Crippen LogP contribution in [-0.4, -0.2) is 23.9 Å². The lowest BCUT2D eigenvalue weighted by molar-refractivity contribution is -0.137. The quantitative estimate of drug-likeness (QED) is 0.383. The summed E-state index contributed by atoms with van der Waals surface area (Å²) in [5.74, 6) is -0.158. The molecule has 0 atom stereocenters. The number of anilines is 1. The number of carbonyl (C=O) groups is 1. The maximum Gasteiger partial charge on any atom is 0.416 e. The van der Waals surface area contributed by atoms with Gasteiger partial charge in [0.2, 0.25) is 0 Å². The molecule has 1 aliphatic carbocycles. The standard InChI is InChI=1S/C31H31F3N2O/c32-31(33,34)26-13-10-23(11-14-26)28-8-4-5-9-29(28)30(37)35-27-15-12-25-21-36(19-17-24(25)20-27)18-16-22-6-2-1-3-7-22/h1-3,6-7,10-15,20H,4-5,8-9,16-19,21H2,(H,35,37). The Kier molecular flexibility index (Phi) is 7.47. The smallest absolute Gasteiger partial charge is 0.322 e. The van der Waals surface area contributed by atoms with Gasteiger partial charge in [-0.25, -0.2) is 0 Å². The summed E-state index contributed by atoms with van der Waals surface area (Å²) in [5.41, 5.74) is 6.21. The molecular weight excluding hydrogens is 473 g/mol. The highest BCUT2D eigenvalue weighted by Gasteiger charge is 2.30. The summed E-state index contributed by atoms with van der Waals surface area (Å²) in [7, 11) is 0. The number of rotatable bonds is 6. The fourth-order valence-electron chi connectivity index (χ4n) is 5.35. The summed E-state index contributed by atoms with van der Waals surface area (Å²) in [6.07, 6.45) is 0.738. The van der Waals surface area contributed by atoms with E-state index in [0.717, 1.165) is 68.7 Å². The minimum absolute atomic E-state index is 0.158. The van der Waals surface area contributed by atoms with Gasteiger partial charge in [0.1, 0.15) is 0 Å². The van der Waals surface area contributed by atoms with Gasteiger partial charge in [0.25, 0.3) is 5.91 Å². The number of hydrogen-bond donors (Lipinski definition) is 1. The molecule has 0 saturated heterocycles. The van der Waals surface area contributed by atoms with E-state index in [-0.39, 0.29) is 5.91 Å². The van der Waals surface area contributed by atoms with Crippen LogP contribution >= 0.6 is 0 Å². The van der Waals surface area contributed by atoms with E-state index in [0.29, 0.717) is 24.0 Å². The lowest BCUT2D eigenvalue weighted by atomic mass is 9.86. The van der Waals surface area contributed by atoms with Crippen LogP contribution in [0, 0.1) is 0 Å². The molecule has 0 bridgehead atoms. The third-order valence-electron chi connectivity index (χ3n) is 7.42. The van der Waals surface area contributed by atoms with Crippen LogP contribution in [0.25, 0.3) is 5.57 Å². The second-order valence-electron chi connectivity index (χ2n) is 9.94. The summed E-state index contributed by atoms with van der Waals surface area (Å²) in [6.45, 7) is 2.91. The molecule has 0 aromatic heterocycles. The van der Waals surface area contributed by atoms with Gasteiger partial charge >= 0.3 is 6.18 Å². The van der Waals surface area contributed by atoms with Crippen molar-refractivity contribution in [3.63, 3.8) is 0 Å². The first kappa shape index (κ1) is 25.3. The molecule has 0 fully saturated rings. The van der Waals surface area contributed by atoms with Crippen LogP contribution in [0.2, 0.25) is 0 Å². The van der Waals surface area contributed by atoms with Gasteiger partial charge < -0.3 is 5.32 Å². The van der Waals surface area contributed by atoms with E-state index in [1.165, 1.54) is 28.8 Å². The van der Waals surface area contributed by atoms with Crippen LogP contribution in [0.1, 0.15) is 53.5 Å². The Bertz CT molecular complexity index is 1280. The lowest BCUT2D eigenvalue weighted by Crippen LogP contribution is -2.32. The molecule has 3 aromatic rings. The SMILES string of the molecule is O=C(Nc1ccc2c(c1)CCN(CCc1ccccc1)C2)C1=C(c2ccc(C(F)(F)F)cc2)CCCC1. The fraction of sp³-hybridized carbons (Fsp3) is 0.323. The van der Waals surface area contributed by atoms with Crippen LogP contribution < -0.4 is 5.32 Å². The third-order valence-corrected chi connectivity index (χ3v) is 7.42. The van der Waals surface area contributed by atoms with Crippen molar-refractivity contribution in [2.24, 2.45) is 0 Å². The van der Waals surface area contributed by atoms with Crippen molar-refractivity contribution in [1.29, 1.82) is 0 Å². The Labute approximate surface area is 216 Å². The second kappa shape index (κ2) is 10.9. The molecule has 0 unspecified atom stereocenters. The van der Waals surface area contributed by atoms with E-state index in [4.69, 9.17) is 0 Å². The number of amides is 1. The van der Waals surface area contributed by atoms with Crippen LogP contribution in [0.3, 0.4) is 0 Å². The largest absolute Gasteiger partial charge is 0.416 e.